The van der Waals surface area contributed by atoms with E-state index >= 15 is 0 Å². The van der Waals surface area contributed by atoms with Gasteiger partial charge in [-0.15, -0.1) is 5.10 Å². The van der Waals surface area contributed by atoms with Gasteiger partial charge in [0.15, 0.2) is 5.82 Å². The van der Waals surface area contributed by atoms with E-state index in [0.717, 1.165) is 42.2 Å². The Morgan fingerprint density at radius 2 is 1.82 bits per heavy atom. The maximum absolute atomic E-state index is 14.3. The highest BCUT2D eigenvalue weighted by molar-refractivity contribution is 6.33. The number of hydrogen-bond donors (Lipinski definition) is 1. The Balaban J connectivity index is 1.38. The highest BCUT2D eigenvalue weighted by atomic mass is 35.5. The van der Waals surface area contributed by atoms with Crippen LogP contribution < -0.4 is 15.8 Å². The number of alkyl halides is 3. The van der Waals surface area contributed by atoms with Crippen LogP contribution in [0.4, 0.5) is 29.3 Å². The number of nitrogens with zero attached hydrogens (tertiary/aromatic N) is 6. The van der Waals surface area contributed by atoms with Gasteiger partial charge >= 0.3 is 12.3 Å². The summed E-state index contributed by atoms with van der Waals surface area (Å²) in [6, 6.07) is 8.41. The summed E-state index contributed by atoms with van der Waals surface area (Å²) in [5.41, 5.74) is 1.64. The molecular formula is C35H39ClF3N7O5. The minimum atomic E-state index is -4.60. The number of hydrogen-bond acceptors (Lipinski definition) is 8. The molecule has 2 aliphatic rings. The number of nitrogens with one attached hydrogen (secondary N) is 1. The van der Waals surface area contributed by atoms with Crippen LogP contribution in [-0.2, 0) is 45.6 Å². The number of fused-ring (bicyclic) bond motifs is 2. The third-order valence-corrected chi connectivity index (χ3v) is 9.52. The Morgan fingerprint density at radius 3 is 2.49 bits per heavy atom. The van der Waals surface area contributed by atoms with Gasteiger partial charge in [-0.25, -0.2) is 4.79 Å². The third kappa shape index (κ3) is 7.27. The summed E-state index contributed by atoms with van der Waals surface area (Å²) >= 11 is 6.14. The van der Waals surface area contributed by atoms with Crippen molar-refractivity contribution >= 4 is 40.8 Å². The number of benzene rings is 2. The molecule has 0 unspecified atom stereocenters. The van der Waals surface area contributed by atoms with Gasteiger partial charge < -0.3 is 29.2 Å². The predicted octanol–water partition coefficient (Wildman–Crippen LogP) is 6.26. The number of carbonyl (C=O) groups is 2. The summed E-state index contributed by atoms with van der Waals surface area (Å²) in [5.74, 6) is -0.234. The molecule has 12 nitrogen and oxygen atoms in total. The fraction of sp³-hybridized carbons (Fsp3) is 0.457. The Labute approximate surface area is 297 Å². The molecule has 0 aliphatic carbocycles. The molecule has 0 spiro atoms. The molecule has 0 atom stereocenters. The summed E-state index contributed by atoms with van der Waals surface area (Å²) in [7, 11) is 0. The zero-order chi connectivity index (χ0) is 36.7. The lowest BCUT2D eigenvalue weighted by Crippen LogP contribution is -2.51. The van der Waals surface area contributed by atoms with Gasteiger partial charge in [0.05, 0.1) is 40.8 Å². The Morgan fingerprint density at radius 1 is 1.08 bits per heavy atom. The molecule has 2 aromatic heterocycles. The molecule has 1 saturated heterocycles. The summed E-state index contributed by atoms with van der Waals surface area (Å²) in [5, 5.41) is 6.94. The fourth-order valence-corrected chi connectivity index (χ4v) is 6.69. The molecule has 2 aromatic carbocycles. The van der Waals surface area contributed by atoms with Crippen molar-refractivity contribution < 1.29 is 32.2 Å². The summed E-state index contributed by atoms with van der Waals surface area (Å²) in [4.78, 5) is 48.7. The van der Waals surface area contributed by atoms with Crippen molar-refractivity contribution in [1.29, 1.82) is 0 Å². The number of aromatic nitrogens is 4. The van der Waals surface area contributed by atoms with E-state index in [-0.39, 0.29) is 28.9 Å². The van der Waals surface area contributed by atoms with E-state index in [0.29, 0.717) is 62.8 Å². The van der Waals surface area contributed by atoms with Crippen LogP contribution in [0.1, 0.15) is 62.9 Å². The maximum Gasteiger partial charge on any atom is 0.416 e. The summed E-state index contributed by atoms with van der Waals surface area (Å²) < 4.78 is 53.8. The first-order valence-corrected chi connectivity index (χ1v) is 17.2. The lowest BCUT2D eigenvalue weighted by Gasteiger charge is -2.36. The molecule has 2 amide bonds. The summed E-state index contributed by atoms with van der Waals surface area (Å²) in [6.07, 6.45) is -3.03. The minimum Gasteiger partial charge on any atom is -0.449 e. The third-order valence-electron chi connectivity index (χ3n) is 9.21. The summed E-state index contributed by atoms with van der Waals surface area (Å²) in [6.45, 7) is 9.49. The van der Waals surface area contributed by atoms with Crippen molar-refractivity contribution in [3.63, 3.8) is 0 Å². The molecule has 0 saturated carbocycles. The zero-order valence-corrected chi connectivity index (χ0v) is 29.5. The van der Waals surface area contributed by atoms with E-state index in [9.17, 15) is 27.6 Å². The van der Waals surface area contributed by atoms with Gasteiger partial charge in [0.1, 0.15) is 12.2 Å². The molecule has 4 heterocycles. The largest absolute Gasteiger partial charge is 0.449 e. The van der Waals surface area contributed by atoms with Crippen LogP contribution in [0.2, 0.25) is 5.02 Å². The van der Waals surface area contributed by atoms with Crippen LogP contribution in [0.3, 0.4) is 0 Å². The lowest BCUT2D eigenvalue weighted by atomic mass is 9.94. The average Bonchev–Trinajstić information content (AvgIpc) is 3.67. The van der Waals surface area contributed by atoms with Gasteiger partial charge in [-0.05, 0) is 62.1 Å². The van der Waals surface area contributed by atoms with Crippen molar-refractivity contribution in [2.24, 2.45) is 0 Å². The second kappa shape index (κ2) is 14.2. The van der Waals surface area contributed by atoms with Crippen LogP contribution in [0, 0.1) is 0 Å². The van der Waals surface area contributed by atoms with Gasteiger partial charge in [-0.3, -0.25) is 9.59 Å². The van der Waals surface area contributed by atoms with Crippen molar-refractivity contribution in [2.45, 2.75) is 71.9 Å². The second-order valence-electron chi connectivity index (χ2n) is 13.0. The first-order chi connectivity index (χ1) is 24.2. The smallest absolute Gasteiger partial charge is 0.416 e. The normalized spacial score (nSPS) is 15.7. The SMILES string of the molecule is CCCCOC(=O)N1CCN(c2c(CC)n(CC(=O)Nc3ccc(C(F)(F)F)cc3Cl)c3nc(-c4ccc5c(c4)COC5(C)C)nn3c2=O)CC1. The molecule has 16 heteroatoms. The number of piperazine rings is 1. The molecule has 51 heavy (non-hydrogen) atoms. The van der Waals surface area contributed by atoms with Crippen molar-refractivity contribution in [2.75, 3.05) is 43.0 Å². The zero-order valence-electron chi connectivity index (χ0n) is 28.8. The van der Waals surface area contributed by atoms with Gasteiger partial charge in [-0.1, -0.05) is 44.0 Å². The lowest BCUT2D eigenvalue weighted by molar-refractivity contribution is -0.137. The van der Waals surface area contributed by atoms with E-state index in [1.807, 2.05) is 50.8 Å². The topological polar surface area (TPSA) is 123 Å². The predicted molar refractivity (Wildman–Crippen MR) is 185 cm³/mol. The van der Waals surface area contributed by atoms with Gasteiger partial charge in [0.2, 0.25) is 11.7 Å². The quantitative estimate of drug-likeness (QED) is 0.201. The van der Waals surface area contributed by atoms with Crippen LogP contribution >= 0.6 is 11.6 Å². The van der Waals surface area contributed by atoms with E-state index in [4.69, 9.17) is 26.1 Å². The molecule has 272 valence electrons. The van der Waals surface area contributed by atoms with Crippen molar-refractivity contribution in [3.8, 4) is 11.4 Å². The van der Waals surface area contributed by atoms with Crippen LogP contribution in [0.25, 0.3) is 17.2 Å². The molecular weight excluding hydrogens is 691 g/mol. The number of unbranched alkanes of at least 4 members (excludes halogenated alkanes) is 1. The van der Waals surface area contributed by atoms with E-state index in [2.05, 4.69) is 10.4 Å². The number of carbonyl (C=O) groups excluding carboxylic acids is 2. The Hall–Kier alpha value is -4.63. The Kier molecular flexibility index (Phi) is 10.1. The van der Waals surface area contributed by atoms with Gasteiger partial charge in [0, 0.05) is 31.7 Å². The average molecular weight is 730 g/mol. The highest BCUT2D eigenvalue weighted by Crippen LogP contribution is 2.38. The minimum absolute atomic E-state index is 0.00242. The van der Waals surface area contributed by atoms with Crippen molar-refractivity contribution in [3.05, 3.63) is 74.2 Å². The van der Waals surface area contributed by atoms with E-state index < -0.39 is 34.9 Å². The standard InChI is InChI=1S/C35H39ClF3N7O5/c1-5-7-16-50-33(49)44-14-12-43(13-15-44)29-27(6-2)45(19-28(47)40-26-11-9-23(18-25(26)36)35(37,38)39)32-41-30(42-46(32)31(29)48)21-8-10-24-22(17-21)20-51-34(24,3)4/h8-11,17-18H,5-7,12-16,19-20H2,1-4H3,(H,40,47). The van der Waals surface area contributed by atoms with Gasteiger partial charge in [-0.2, -0.15) is 22.7 Å². The molecule has 1 N–H and O–H groups in total. The number of anilines is 2. The first kappa shape index (κ1) is 36.2. The number of ether oxygens (including phenoxy) is 2. The molecule has 6 rings (SSSR count). The van der Waals surface area contributed by atoms with Crippen LogP contribution in [0.15, 0.2) is 41.2 Å². The van der Waals surface area contributed by atoms with E-state index in [1.54, 1.807) is 9.47 Å². The second-order valence-corrected chi connectivity index (χ2v) is 13.4. The van der Waals surface area contributed by atoms with Gasteiger partial charge in [0.25, 0.3) is 5.56 Å². The molecule has 0 radical (unpaired) electrons. The van der Waals surface area contributed by atoms with E-state index in [1.165, 1.54) is 4.52 Å². The van der Waals surface area contributed by atoms with Crippen LogP contribution in [-0.4, -0.2) is 68.9 Å². The fourth-order valence-electron chi connectivity index (χ4n) is 6.46. The monoisotopic (exact) mass is 729 g/mol. The first-order valence-electron chi connectivity index (χ1n) is 16.8. The molecule has 4 aromatic rings. The maximum atomic E-state index is 14.3. The van der Waals surface area contributed by atoms with Crippen LogP contribution in [0.5, 0.6) is 0 Å². The van der Waals surface area contributed by atoms with Crippen molar-refractivity contribution in [1.82, 2.24) is 24.1 Å². The number of amides is 2. The number of halogens is 4. The molecule has 1 fully saturated rings. The highest BCUT2D eigenvalue weighted by Gasteiger charge is 2.33. The Bertz CT molecular complexity index is 2040. The molecule has 2 aliphatic heterocycles. The number of rotatable bonds is 9. The molecule has 0 bridgehead atoms.